The van der Waals surface area contributed by atoms with Crippen LogP contribution < -0.4 is 10.1 Å². The number of carbonyl (C=O) groups is 1. The van der Waals surface area contributed by atoms with Crippen molar-refractivity contribution >= 4 is 11.6 Å². The zero-order valence-electron chi connectivity index (χ0n) is 12.7. The minimum absolute atomic E-state index is 0.161. The number of hydrogen-bond donors (Lipinski definition) is 1. The van der Waals surface area contributed by atoms with Crippen LogP contribution in [0.1, 0.15) is 40.5 Å². The number of rotatable bonds is 8. The molecular formula is C15H24N2O3. The van der Waals surface area contributed by atoms with Crippen molar-refractivity contribution in [2.24, 2.45) is 0 Å². The predicted molar refractivity (Wildman–Crippen MR) is 79.0 cm³/mol. The Kier molecular flexibility index (Phi) is 6.45. The highest BCUT2D eigenvalue weighted by Crippen LogP contribution is 2.19. The summed E-state index contributed by atoms with van der Waals surface area (Å²) in [6.07, 6.45) is 3.13. The Morgan fingerprint density at radius 1 is 1.35 bits per heavy atom. The smallest absolute Gasteiger partial charge is 0.256 e. The third-order valence-electron chi connectivity index (χ3n) is 3.07. The highest BCUT2D eigenvalue weighted by Gasteiger charge is 2.31. The van der Waals surface area contributed by atoms with E-state index >= 15 is 0 Å². The number of amides is 1. The number of nitrogens with zero attached hydrogens (tertiary/aromatic N) is 1. The van der Waals surface area contributed by atoms with Crippen LogP contribution in [0.25, 0.3) is 0 Å². The Morgan fingerprint density at radius 3 is 2.60 bits per heavy atom. The number of nitrogens with one attached hydrogen (secondary N) is 1. The average Bonchev–Trinajstić information content (AvgIpc) is 2.46. The fourth-order valence-electron chi connectivity index (χ4n) is 1.66. The molecular weight excluding hydrogens is 256 g/mol. The van der Waals surface area contributed by atoms with Crippen molar-refractivity contribution in [1.82, 2.24) is 4.98 Å². The van der Waals surface area contributed by atoms with E-state index in [2.05, 4.69) is 10.3 Å². The molecule has 0 fully saturated rings. The van der Waals surface area contributed by atoms with E-state index in [9.17, 15) is 4.79 Å². The Morgan fingerprint density at radius 2 is 2.10 bits per heavy atom. The van der Waals surface area contributed by atoms with Crippen molar-refractivity contribution in [3.8, 4) is 5.88 Å². The predicted octanol–water partition coefficient (Wildman–Crippen LogP) is 3.01. The maximum atomic E-state index is 12.2. The van der Waals surface area contributed by atoms with Crippen LogP contribution in [0, 0.1) is 0 Å². The summed E-state index contributed by atoms with van der Waals surface area (Å²) in [4.78, 5) is 16.4. The molecule has 1 heterocycles. The molecule has 0 aliphatic heterocycles. The van der Waals surface area contributed by atoms with E-state index in [4.69, 9.17) is 9.47 Å². The average molecular weight is 280 g/mol. The summed E-state index contributed by atoms with van der Waals surface area (Å²) >= 11 is 0. The van der Waals surface area contributed by atoms with Gasteiger partial charge in [0.15, 0.2) is 0 Å². The van der Waals surface area contributed by atoms with E-state index in [1.54, 1.807) is 25.3 Å². The van der Waals surface area contributed by atoms with Crippen LogP contribution >= 0.6 is 0 Å². The second-order valence-corrected chi connectivity index (χ2v) is 4.71. The number of anilines is 1. The number of aromatic nitrogens is 1. The summed E-state index contributed by atoms with van der Waals surface area (Å²) < 4.78 is 10.9. The molecule has 20 heavy (non-hydrogen) atoms. The van der Waals surface area contributed by atoms with Gasteiger partial charge < -0.3 is 14.8 Å². The third kappa shape index (κ3) is 4.49. The lowest BCUT2D eigenvalue weighted by atomic mass is 10.0. The summed E-state index contributed by atoms with van der Waals surface area (Å²) in [6.45, 7) is 8.76. The van der Waals surface area contributed by atoms with Crippen LogP contribution in [0.15, 0.2) is 18.3 Å². The highest BCUT2D eigenvalue weighted by atomic mass is 16.5. The lowest BCUT2D eigenvalue weighted by Gasteiger charge is -2.26. The molecule has 0 saturated carbocycles. The standard InChI is InChI=1S/C15H24N2O3/c1-5-10-19-13-9-8-12(11-16-13)17-14(18)15(4,6-2)20-7-3/h8-9,11H,5-7,10H2,1-4H3,(H,17,18)/t15-/m1/s1. The molecule has 0 saturated heterocycles. The second-order valence-electron chi connectivity index (χ2n) is 4.71. The van der Waals surface area contributed by atoms with Crippen LogP contribution in [0.4, 0.5) is 5.69 Å². The van der Waals surface area contributed by atoms with Gasteiger partial charge >= 0.3 is 0 Å². The van der Waals surface area contributed by atoms with Crippen LogP contribution in [0.5, 0.6) is 5.88 Å². The first-order valence-electron chi connectivity index (χ1n) is 7.10. The number of carbonyl (C=O) groups excluding carboxylic acids is 1. The van der Waals surface area contributed by atoms with E-state index in [0.717, 1.165) is 6.42 Å². The first-order valence-corrected chi connectivity index (χ1v) is 7.10. The Labute approximate surface area is 120 Å². The lowest BCUT2D eigenvalue weighted by molar-refractivity contribution is -0.139. The molecule has 0 radical (unpaired) electrons. The van der Waals surface area contributed by atoms with Crippen LogP contribution in [0.2, 0.25) is 0 Å². The van der Waals surface area contributed by atoms with Gasteiger partial charge in [-0.25, -0.2) is 4.98 Å². The van der Waals surface area contributed by atoms with Gasteiger partial charge in [0.05, 0.1) is 18.5 Å². The molecule has 0 spiro atoms. The van der Waals surface area contributed by atoms with Gasteiger partial charge in [-0.2, -0.15) is 0 Å². The van der Waals surface area contributed by atoms with Gasteiger partial charge in [0, 0.05) is 12.7 Å². The molecule has 112 valence electrons. The van der Waals surface area contributed by atoms with Crippen molar-refractivity contribution in [1.29, 1.82) is 0 Å². The molecule has 0 aromatic carbocycles. The molecule has 0 unspecified atom stereocenters. The van der Waals surface area contributed by atoms with E-state index in [0.29, 0.717) is 31.2 Å². The monoisotopic (exact) mass is 280 g/mol. The molecule has 1 atom stereocenters. The quantitative estimate of drug-likeness (QED) is 0.795. The molecule has 1 aromatic heterocycles. The SMILES string of the molecule is CCCOc1ccc(NC(=O)[C@@](C)(CC)OCC)cn1. The summed E-state index contributed by atoms with van der Waals surface area (Å²) in [5.74, 6) is 0.402. The van der Waals surface area contributed by atoms with Gasteiger partial charge in [-0.05, 0) is 32.8 Å². The van der Waals surface area contributed by atoms with Gasteiger partial charge in [0.25, 0.3) is 5.91 Å². The number of ether oxygens (including phenoxy) is 2. The fourth-order valence-corrected chi connectivity index (χ4v) is 1.66. The molecule has 1 N–H and O–H groups in total. The largest absolute Gasteiger partial charge is 0.478 e. The summed E-state index contributed by atoms with van der Waals surface area (Å²) in [6, 6.07) is 3.52. The van der Waals surface area contributed by atoms with Crippen LogP contribution in [0.3, 0.4) is 0 Å². The van der Waals surface area contributed by atoms with Crippen molar-refractivity contribution in [3.63, 3.8) is 0 Å². The summed E-state index contributed by atoms with van der Waals surface area (Å²) in [5.41, 5.74) is -0.176. The second kappa shape index (κ2) is 7.85. The fraction of sp³-hybridized carbons (Fsp3) is 0.600. The Hall–Kier alpha value is -1.62. The van der Waals surface area contributed by atoms with Crippen molar-refractivity contribution in [2.75, 3.05) is 18.5 Å². The minimum Gasteiger partial charge on any atom is -0.478 e. The summed E-state index contributed by atoms with van der Waals surface area (Å²) in [7, 11) is 0. The third-order valence-corrected chi connectivity index (χ3v) is 3.07. The topological polar surface area (TPSA) is 60.5 Å². The zero-order valence-corrected chi connectivity index (χ0v) is 12.7. The van der Waals surface area contributed by atoms with Gasteiger partial charge in [0.2, 0.25) is 5.88 Å². The normalized spacial score (nSPS) is 13.6. The highest BCUT2D eigenvalue weighted by molar-refractivity contribution is 5.96. The van der Waals surface area contributed by atoms with Crippen molar-refractivity contribution in [3.05, 3.63) is 18.3 Å². The molecule has 0 aliphatic carbocycles. The van der Waals surface area contributed by atoms with E-state index in [1.165, 1.54) is 0 Å². The van der Waals surface area contributed by atoms with Crippen molar-refractivity contribution < 1.29 is 14.3 Å². The first-order chi connectivity index (χ1) is 9.55. The zero-order chi connectivity index (χ0) is 15.0. The number of pyridine rings is 1. The van der Waals surface area contributed by atoms with E-state index in [-0.39, 0.29) is 5.91 Å². The molecule has 0 bridgehead atoms. The molecule has 5 heteroatoms. The van der Waals surface area contributed by atoms with E-state index < -0.39 is 5.60 Å². The van der Waals surface area contributed by atoms with Gasteiger partial charge in [0.1, 0.15) is 5.60 Å². The number of hydrogen-bond acceptors (Lipinski definition) is 4. The van der Waals surface area contributed by atoms with E-state index in [1.807, 2.05) is 20.8 Å². The molecule has 1 amide bonds. The lowest BCUT2D eigenvalue weighted by Crippen LogP contribution is -2.42. The summed E-state index contributed by atoms with van der Waals surface area (Å²) in [5, 5.41) is 2.82. The Balaban J connectivity index is 2.65. The maximum Gasteiger partial charge on any atom is 0.256 e. The first kappa shape index (κ1) is 16.4. The molecule has 5 nitrogen and oxygen atoms in total. The Bertz CT molecular complexity index is 420. The maximum absolute atomic E-state index is 12.2. The molecule has 1 rings (SSSR count). The molecule has 0 aliphatic rings. The van der Waals surface area contributed by atoms with Gasteiger partial charge in [-0.3, -0.25) is 4.79 Å². The molecule has 1 aromatic rings. The van der Waals surface area contributed by atoms with Gasteiger partial charge in [-0.15, -0.1) is 0 Å². The van der Waals surface area contributed by atoms with Crippen LogP contribution in [-0.2, 0) is 9.53 Å². The van der Waals surface area contributed by atoms with Crippen LogP contribution in [-0.4, -0.2) is 29.7 Å². The van der Waals surface area contributed by atoms with Crippen molar-refractivity contribution in [2.45, 2.75) is 46.1 Å². The minimum atomic E-state index is -0.813. The van der Waals surface area contributed by atoms with Gasteiger partial charge in [-0.1, -0.05) is 13.8 Å².